The molecule has 0 radical (unpaired) electrons. The van der Waals surface area contributed by atoms with E-state index in [-0.39, 0.29) is 6.17 Å². The van der Waals surface area contributed by atoms with Gasteiger partial charge < -0.3 is 14.0 Å². The molecule has 2 rings (SSSR count). The molecule has 2 heterocycles. The molecule has 2 atom stereocenters. The number of nitrogens with one attached hydrogen (secondary N) is 1. The zero-order valence-electron chi connectivity index (χ0n) is 13.7. The lowest BCUT2D eigenvalue weighted by Crippen LogP contribution is -3.08. The van der Waals surface area contributed by atoms with E-state index in [0.29, 0.717) is 5.49 Å². The van der Waals surface area contributed by atoms with Gasteiger partial charge in [0.2, 0.25) is 6.17 Å². The van der Waals surface area contributed by atoms with E-state index in [1.54, 1.807) is 20.3 Å². The van der Waals surface area contributed by atoms with Gasteiger partial charge in [0.15, 0.2) is 11.8 Å². The minimum absolute atomic E-state index is 0.144. The summed E-state index contributed by atoms with van der Waals surface area (Å²) in [5.41, 5.74) is 0.653. The molecule has 0 aromatic carbocycles. The second-order valence-corrected chi connectivity index (χ2v) is 4.89. The van der Waals surface area contributed by atoms with Gasteiger partial charge in [-0.15, -0.1) is 20.4 Å². The van der Waals surface area contributed by atoms with Crippen LogP contribution >= 0.6 is 0 Å². The van der Waals surface area contributed by atoms with Crippen molar-refractivity contribution in [1.29, 1.82) is 0 Å². The van der Waals surface area contributed by atoms with Crippen molar-refractivity contribution in [2.45, 2.75) is 6.17 Å². The van der Waals surface area contributed by atoms with E-state index in [0.717, 1.165) is 16.4 Å². The number of aromatic nitrogens is 1. The second-order valence-electron chi connectivity index (χ2n) is 4.89. The van der Waals surface area contributed by atoms with Crippen LogP contribution in [-0.2, 0) is 11.8 Å². The van der Waals surface area contributed by atoms with Crippen molar-refractivity contribution in [3.8, 4) is 5.75 Å². The summed E-state index contributed by atoms with van der Waals surface area (Å²) < 4.78 is 12.2. The molecule has 0 spiro atoms. The van der Waals surface area contributed by atoms with Crippen molar-refractivity contribution in [3.05, 3.63) is 47.9 Å². The maximum atomic E-state index is 5.18. The Bertz CT molecular complexity index is 717. The topological polar surface area (TPSA) is 77.3 Å². The molecule has 1 aliphatic heterocycles. The largest absolute Gasteiger partial charge is 0.497 e. The average molecular weight is 317 g/mol. The van der Waals surface area contributed by atoms with Crippen molar-refractivity contribution in [3.63, 3.8) is 0 Å². The molecule has 1 aromatic heterocycles. The number of aryl methyl sites for hydroxylation is 1. The predicted octanol–water partition coefficient (Wildman–Crippen LogP) is 0.228. The average Bonchev–Trinajstić information content (AvgIpc) is 2.57. The summed E-state index contributed by atoms with van der Waals surface area (Å²) in [5.74, 6) is 1.49. The fourth-order valence-electron chi connectivity index (χ4n) is 1.89. The number of likely N-dealkylation sites (N-methyl/N-ethyl adjacent to an activating group) is 1. The summed E-state index contributed by atoms with van der Waals surface area (Å²) in [6, 6.07) is 3.63. The minimum atomic E-state index is -0.144. The van der Waals surface area contributed by atoms with Gasteiger partial charge in [0.05, 0.1) is 27.5 Å². The van der Waals surface area contributed by atoms with Crippen LogP contribution in [0.3, 0.4) is 0 Å². The lowest BCUT2D eigenvalue weighted by atomic mass is 10.3. The number of ether oxygens (including phenoxy) is 2. The van der Waals surface area contributed by atoms with E-state index in [2.05, 4.69) is 20.4 Å². The van der Waals surface area contributed by atoms with E-state index in [1.165, 1.54) is 6.34 Å². The zero-order valence-corrected chi connectivity index (χ0v) is 13.7. The van der Waals surface area contributed by atoms with Crippen LogP contribution in [0.5, 0.6) is 5.75 Å². The summed E-state index contributed by atoms with van der Waals surface area (Å²) in [6.07, 6.45) is 8.76. The van der Waals surface area contributed by atoms with E-state index >= 15 is 0 Å². The molecule has 122 valence electrons. The van der Waals surface area contributed by atoms with E-state index in [4.69, 9.17) is 9.47 Å². The monoisotopic (exact) mass is 317 g/mol. The predicted molar refractivity (Wildman–Crippen MR) is 85.8 cm³/mol. The fourth-order valence-corrected chi connectivity index (χ4v) is 1.89. The zero-order chi connectivity index (χ0) is 16.7. The molecule has 1 aliphatic rings. The Balaban J connectivity index is 2.06. The molecule has 0 fully saturated rings. The first-order valence-corrected chi connectivity index (χ1v) is 7.07. The Labute approximate surface area is 134 Å². The fraction of sp³-hybridized carbons (Fsp3) is 0.333. The maximum Gasteiger partial charge on any atom is 0.227 e. The molecular weight excluding hydrogens is 296 g/mol. The Kier molecular flexibility index (Phi) is 5.81. The molecule has 8 nitrogen and oxygen atoms in total. The Morgan fingerprint density at radius 1 is 1.30 bits per heavy atom. The molecule has 1 aromatic rings. The van der Waals surface area contributed by atoms with E-state index in [1.807, 2.05) is 49.3 Å². The number of allylic oxidation sites excluding steroid dienone is 1. The van der Waals surface area contributed by atoms with Crippen molar-refractivity contribution >= 4 is 6.34 Å². The van der Waals surface area contributed by atoms with Crippen LogP contribution in [0, 0.1) is 0 Å². The molecule has 0 saturated heterocycles. The quantitative estimate of drug-likeness (QED) is 0.365. The van der Waals surface area contributed by atoms with Crippen molar-refractivity contribution in [2.75, 3.05) is 21.3 Å². The van der Waals surface area contributed by atoms with Gasteiger partial charge in [-0.3, -0.25) is 4.90 Å². The molecule has 1 N–H and O–H groups in total. The Hall–Kier alpha value is -2.74. The van der Waals surface area contributed by atoms with Gasteiger partial charge in [-0.1, -0.05) is 0 Å². The molecule has 0 saturated carbocycles. The van der Waals surface area contributed by atoms with Gasteiger partial charge >= 0.3 is 0 Å². The molecule has 8 heteroatoms. The standard InChI is InChI=1S/C15H20N6O2/c1-20-7-5-12(22-3)9-14(20)18-16-11-17-19-15-10-13(23-4)6-8-21(15)2/h5-11,14H,1-4H3/p+1/b17-11+,18-16?,19-15+. The number of hydrogen-bond donors (Lipinski definition) is 1. The third-order valence-corrected chi connectivity index (χ3v) is 3.32. The van der Waals surface area contributed by atoms with Gasteiger partial charge in [-0.25, -0.2) is 0 Å². The summed E-state index contributed by atoms with van der Waals surface area (Å²) in [7, 11) is 7.09. The highest BCUT2D eigenvalue weighted by molar-refractivity contribution is 5.53. The van der Waals surface area contributed by atoms with Crippen molar-refractivity contribution in [1.82, 2.24) is 4.57 Å². The van der Waals surface area contributed by atoms with E-state index in [9.17, 15) is 0 Å². The van der Waals surface area contributed by atoms with Crippen LogP contribution in [-0.4, -0.2) is 38.3 Å². The maximum absolute atomic E-state index is 5.18. The van der Waals surface area contributed by atoms with Crippen LogP contribution in [0.25, 0.3) is 0 Å². The summed E-state index contributed by atoms with van der Waals surface area (Å²) in [5, 5.41) is 16.1. The third kappa shape index (κ3) is 4.62. The second kappa shape index (κ2) is 8.04. The van der Waals surface area contributed by atoms with Crippen LogP contribution in [0.1, 0.15) is 0 Å². The molecular formula is C15H21N6O2+. The first-order chi connectivity index (χ1) is 11.1. The number of rotatable bonds is 5. The van der Waals surface area contributed by atoms with E-state index < -0.39 is 0 Å². The minimum Gasteiger partial charge on any atom is -0.497 e. The smallest absolute Gasteiger partial charge is 0.227 e. The highest BCUT2D eigenvalue weighted by atomic mass is 16.5. The summed E-state index contributed by atoms with van der Waals surface area (Å²) in [6.45, 7) is 0. The lowest BCUT2D eigenvalue weighted by Gasteiger charge is -2.17. The van der Waals surface area contributed by atoms with Crippen LogP contribution < -0.4 is 15.1 Å². The number of methoxy groups -OCH3 is 2. The Morgan fingerprint density at radius 3 is 2.87 bits per heavy atom. The van der Waals surface area contributed by atoms with Gasteiger partial charge in [0.1, 0.15) is 11.5 Å². The summed E-state index contributed by atoms with van der Waals surface area (Å²) in [4.78, 5) is 1.08. The van der Waals surface area contributed by atoms with Crippen molar-refractivity contribution in [2.24, 2.45) is 27.5 Å². The van der Waals surface area contributed by atoms with Crippen LogP contribution in [0.4, 0.5) is 0 Å². The van der Waals surface area contributed by atoms with Gasteiger partial charge in [0, 0.05) is 31.5 Å². The first kappa shape index (κ1) is 16.6. The van der Waals surface area contributed by atoms with Gasteiger partial charge in [-0.2, -0.15) is 0 Å². The Morgan fingerprint density at radius 2 is 2.13 bits per heavy atom. The van der Waals surface area contributed by atoms with Crippen LogP contribution in [0.2, 0.25) is 0 Å². The normalized spacial score (nSPS) is 21.9. The lowest BCUT2D eigenvalue weighted by molar-refractivity contribution is -0.846. The number of pyridine rings is 1. The number of azo groups is 1. The highest BCUT2D eigenvalue weighted by Gasteiger charge is 2.17. The molecule has 0 bridgehead atoms. The van der Waals surface area contributed by atoms with Gasteiger partial charge in [0.25, 0.3) is 0 Å². The number of hydrogen-bond acceptors (Lipinski definition) is 5. The van der Waals surface area contributed by atoms with Crippen LogP contribution in [0.15, 0.2) is 62.9 Å². The third-order valence-electron chi connectivity index (χ3n) is 3.32. The molecule has 23 heavy (non-hydrogen) atoms. The van der Waals surface area contributed by atoms with Gasteiger partial charge in [-0.05, 0) is 6.07 Å². The molecule has 2 unspecified atom stereocenters. The number of nitrogens with zero attached hydrogens (tertiary/aromatic N) is 5. The summed E-state index contributed by atoms with van der Waals surface area (Å²) >= 11 is 0. The SMILES string of the molecule is COC1=CC(N=N/C=N/N=c2\cc(OC)ccn2C)[NH+](C)C=C1. The first-order valence-electron chi connectivity index (χ1n) is 7.07. The van der Waals surface area contributed by atoms with Crippen molar-refractivity contribution < 1.29 is 14.4 Å². The molecule has 0 amide bonds. The molecule has 0 aliphatic carbocycles. The highest BCUT2D eigenvalue weighted by Crippen LogP contribution is 2.03. The number of quaternary nitrogens is 1.